The molecule has 2 aromatic carbocycles. The van der Waals surface area contributed by atoms with Crippen molar-refractivity contribution in [2.24, 2.45) is 0 Å². The molecule has 0 saturated carbocycles. The van der Waals surface area contributed by atoms with E-state index in [0.717, 1.165) is 35.5 Å². The van der Waals surface area contributed by atoms with Crippen LogP contribution in [0.5, 0.6) is 11.5 Å². The van der Waals surface area contributed by atoms with Gasteiger partial charge in [-0.05, 0) is 17.7 Å². The topological polar surface area (TPSA) is 59.5 Å². The third-order valence-corrected chi connectivity index (χ3v) is 5.32. The molecular formula is C22H22ClFN4O2. The fourth-order valence-corrected chi connectivity index (χ4v) is 3.59. The highest BCUT2D eigenvalue weighted by Crippen LogP contribution is 2.28. The maximum atomic E-state index is 13.7. The second-order valence-corrected chi connectivity index (χ2v) is 7.51. The van der Waals surface area contributed by atoms with Crippen LogP contribution in [0.15, 0.2) is 42.6 Å². The molecule has 6 nitrogen and oxygen atoms in total. The van der Waals surface area contributed by atoms with Gasteiger partial charge < -0.3 is 14.8 Å². The minimum absolute atomic E-state index is 0.143. The Bertz CT molecular complexity index is 1040. The summed E-state index contributed by atoms with van der Waals surface area (Å²) in [6.45, 7) is 2.20. The standard InChI is InChI=1S/C22H22ClFN4O2/c1-29-17-8-16(9-18(10-17)30-2)26-22-25-11-15-13-28(6-5-21(15)27-22)12-14-3-4-19(23)20(24)7-14/h3-4,7-11H,5-6,12-13H2,1-2H3,(H,25,26,27). The van der Waals surface area contributed by atoms with Gasteiger partial charge in [-0.1, -0.05) is 17.7 Å². The van der Waals surface area contributed by atoms with Crippen molar-refractivity contribution in [2.45, 2.75) is 19.5 Å². The largest absolute Gasteiger partial charge is 0.497 e. The molecule has 3 aromatic rings. The smallest absolute Gasteiger partial charge is 0.227 e. The molecule has 1 aliphatic heterocycles. The molecule has 0 radical (unpaired) electrons. The van der Waals surface area contributed by atoms with Crippen LogP contribution in [0.2, 0.25) is 5.02 Å². The van der Waals surface area contributed by atoms with E-state index in [9.17, 15) is 4.39 Å². The number of ether oxygens (including phenoxy) is 2. The number of hydrogen-bond donors (Lipinski definition) is 1. The summed E-state index contributed by atoms with van der Waals surface area (Å²) in [5.41, 5.74) is 3.77. The maximum absolute atomic E-state index is 13.7. The molecule has 4 rings (SSSR count). The Balaban J connectivity index is 1.46. The summed E-state index contributed by atoms with van der Waals surface area (Å²) in [5.74, 6) is 1.50. The lowest BCUT2D eigenvalue weighted by Gasteiger charge is -2.28. The SMILES string of the molecule is COc1cc(Nc2ncc3c(n2)CCN(Cc2ccc(Cl)c(F)c2)C3)cc(OC)c1. The van der Waals surface area contributed by atoms with Crippen molar-refractivity contribution in [1.29, 1.82) is 0 Å². The lowest BCUT2D eigenvalue weighted by atomic mass is 10.1. The molecule has 156 valence electrons. The van der Waals surface area contributed by atoms with E-state index in [2.05, 4.69) is 20.2 Å². The molecule has 1 aliphatic rings. The predicted molar refractivity (Wildman–Crippen MR) is 114 cm³/mol. The van der Waals surface area contributed by atoms with Gasteiger partial charge in [0.05, 0.1) is 24.9 Å². The predicted octanol–water partition coefficient (Wildman–Crippen LogP) is 4.59. The lowest BCUT2D eigenvalue weighted by Crippen LogP contribution is -2.31. The van der Waals surface area contributed by atoms with Gasteiger partial charge in [0.15, 0.2) is 0 Å². The first-order valence-corrected chi connectivity index (χ1v) is 9.93. The monoisotopic (exact) mass is 428 g/mol. The second kappa shape index (κ2) is 8.85. The molecule has 30 heavy (non-hydrogen) atoms. The fourth-order valence-electron chi connectivity index (χ4n) is 3.47. The van der Waals surface area contributed by atoms with Crippen LogP contribution in [0, 0.1) is 5.82 Å². The van der Waals surface area contributed by atoms with E-state index in [4.69, 9.17) is 21.1 Å². The summed E-state index contributed by atoms with van der Waals surface area (Å²) in [7, 11) is 3.22. The molecule has 1 aromatic heterocycles. The summed E-state index contributed by atoms with van der Waals surface area (Å²) in [6, 6.07) is 10.5. The van der Waals surface area contributed by atoms with Crippen LogP contribution in [-0.4, -0.2) is 35.6 Å². The molecule has 0 aliphatic carbocycles. The van der Waals surface area contributed by atoms with Gasteiger partial charge in [0.1, 0.15) is 17.3 Å². The molecule has 2 heterocycles. The molecule has 8 heteroatoms. The van der Waals surface area contributed by atoms with E-state index in [1.54, 1.807) is 26.4 Å². The molecule has 0 amide bonds. The number of anilines is 2. The number of rotatable bonds is 6. The third kappa shape index (κ3) is 4.63. The molecule has 0 saturated heterocycles. The minimum Gasteiger partial charge on any atom is -0.497 e. The highest BCUT2D eigenvalue weighted by atomic mass is 35.5. The van der Waals surface area contributed by atoms with Crippen LogP contribution in [0.3, 0.4) is 0 Å². The highest BCUT2D eigenvalue weighted by molar-refractivity contribution is 6.30. The number of aromatic nitrogens is 2. The van der Waals surface area contributed by atoms with Gasteiger partial charge in [-0.2, -0.15) is 0 Å². The van der Waals surface area contributed by atoms with Crippen LogP contribution in [0.25, 0.3) is 0 Å². The molecule has 0 unspecified atom stereocenters. The van der Waals surface area contributed by atoms with Gasteiger partial charge in [0.25, 0.3) is 0 Å². The summed E-state index contributed by atoms with van der Waals surface area (Å²) in [4.78, 5) is 11.4. The summed E-state index contributed by atoms with van der Waals surface area (Å²) < 4.78 is 24.3. The van der Waals surface area contributed by atoms with Crippen molar-refractivity contribution in [3.63, 3.8) is 0 Å². The van der Waals surface area contributed by atoms with Crippen LogP contribution in [-0.2, 0) is 19.5 Å². The Morgan fingerprint density at radius 3 is 2.60 bits per heavy atom. The zero-order valence-electron chi connectivity index (χ0n) is 16.8. The van der Waals surface area contributed by atoms with Gasteiger partial charge in [-0.3, -0.25) is 4.90 Å². The number of halogens is 2. The highest BCUT2D eigenvalue weighted by Gasteiger charge is 2.19. The van der Waals surface area contributed by atoms with Crippen molar-refractivity contribution < 1.29 is 13.9 Å². The zero-order chi connectivity index (χ0) is 21.1. The average Bonchev–Trinajstić information content (AvgIpc) is 2.76. The average molecular weight is 429 g/mol. The first-order valence-electron chi connectivity index (χ1n) is 9.55. The van der Waals surface area contributed by atoms with Crippen molar-refractivity contribution >= 4 is 23.2 Å². The number of methoxy groups -OCH3 is 2. The number of hydrogen-bond acceptors (Lipinski definition) is 6. The van der Waals surface area contributed by atoms with Crippen LogP contribution in [0.4, 0.5) is 16.0 Å². The quantitative estimate of drug-likeness (QED) is 0.619. The Hall–Kier alpha value is -2.90. The maximum Gasteiger partial charge on any atom is 0.227 e. The van der Waals surface area contributed by atoms with Gasteiger partial charge in [0.2, 0.25) is 5.95 Å². The van der Waals surface area contributed by atoms with E-state index in [0.29, 0.717) is 30.5 Å². The molecule has 1 N–H and O–H groups in total. The van der Waals surface area contributed by atoms with Crippen molar-refractivity contribution in [3.8, 4) is 11.5 Å². The van der Waals surface area contributed by atoms with Gasteiger partial charge in [-0.15, -0.1) is 0 Å². The lowest BCUT2D eigenvalue weighted by molar-refractivity contribution is 0.242. The van der Waals surface area contributed by atoms with Gasteiger partial charge in [0, 0.05) is 61.7 Å². The Labute approximate surface area is 179 Å². The summed E-state index contributed by atoms with van der Waals surface area (Å²) in [5, 5.41) is 3.36. The first kappa shape index (κ1) is 20.4. The summed E-state index contributed by atoms with van der Waals surface area (Å²) >= 11 is 5.77. The van der Waals surface area contributed by atoms with Gasteiger partial charge >= 0.3 is 0 Å². The zero-order valence-corrected chi connectivity index (χ0v) is 17.5. The Morgan fingerprint density at radius 2 is 1.90 bits per heavy atom. The van der Waals surface area contributed by atoms with E-state index >= 15 is 0 Å². The van der Waals surface area contributed by atoms with Gasteiger partial charge in [-0.25, -0.2) is 14.4 Å². The molecule has 0 spiro atoms. The molecule has 0 atom stereocenters. The third-order valence-electron chi connectivity index (χ3n) is 5.01. The number of nitrogens with zero attached hydrogens (tertiary/aromatic N) is 3. The molecule has 0 bridgehead atoms. The van der Waals surface area contributed by atoms with Crippen LogP contribution in [0.1, 0.15) is 16.8 Å². The number of fused-ring (bicyclic) bond motifs is 1. The second-order valence-electron chi connectivity index (χ2n) is 7.10. The minimum atomic E-state index is -0.389. The Kier molecular flexibility index (Phi) is 6.01. The number of nitrogens with one attached hydrogen (secondary N) is 1. The van der Waals surface area contributed by atoms with Crippen molar-refractivity contribution in [1.82, 2.24) is 14.9 Å². The van der Waals surface area contributed by atoms with Crippen molar-refractivity contribution in [3.05, 3.63) is 70.3 Å². The normalized spacial score (nSPS) is 13.6. The van der Waals surface area contributed by atoms with E-state index in [1.807, 2.05) is 24.4 Å². The Morgan fingerprint density at radius 1 is 1.13 bits per heavy atom. The van der Waals surface area contributed by atoms with E-state index in [-0.39, 0.29) is 10.8 Å². The van der Waals surface area contributed by atoms with E-state index in [1.165, 1.54) is 6.07 Å². The molecular weight excluding hydrogens is 407 g/mol. The molecule has 0 fully saturated rings. The van der Waals surface area contributed by atoms with E-state index < -0.39 is 0 Å². The van der Waals surface area contributed by atoms with Crippen LogP contribution >= 0.6 is 11.6 Å². The summed E-state index contributed by atoms with van der Waals surface area (Å²) in [6.07, 6.45) is 2.64. The van der Waals surface area contributed by atoms with Crippen LogP contribution < -0.4 is 14.8 Å². The first-order chi connectivity index (χ1) is 14.5. The van der Waals surface area contributed by atoms with Crippen molar-refractivity contribution in [2.75, 3.05) is 26.1 Å². The fraction of sp³-hybridized carbons (Fsp3) is 0.273. The number of benzene rings is 2.